The van der Waals surface area contributed by atoms with Crippen molar-refractivity contribution in [3.05, 3.63) is 29.3 Å². The van der Waals surface area contributed by atoms with Gasteiger partial charge in [0.2, 0.25) is 5.91 Å². The van der Waals surface area contributed by atoms with Crippen molar-refractivity contribution in [1.82, 2.24) is 5.32 Å². The fraction of sp³-hybridized carbons (Fsp3) is 0.579. The minimum atomic E-state index is -1.04. The minimum Gasteiger partial charge on any atom is -0.493 e. The van der Waals surface area contributed by atoms with Gasteiger partial charge in [-0.25, -0.2) is 4.79 Å². The standard InChI is InChI=1S/C19H27NO4/c1-14-8-9-15(2)16(13-14)24-12-6-3-7-17(21)20-19(18(22)23)10-4-5-11-19/h8-9,13H,3-7,10-12H2,1-2H3,(H,20,21)(H,22,23). The van der Waals surface area contributed by atoms with Crippen molar-refractivity contribution in [3.8, 4) is 5.75 Å². The van der Waals surface area contributed by atoms with Gasteiger partial charge in [0, 0.05) is 6.42 Å². The number of unbranched alkanes of at least 4 members (excludes halogenated alkanes) is 1. The fourth-order valence-corrected chi connectivity index (χ4v) is 3.13. The molecule has 132 valence electrons. The Balaban J connectivity index is 1.69. The van der Waals surface area contributed by atoms with Gasteiger partial charge in [-0.1, -0.05) is 25.0 Å². The number of aryl methyl sites for hydroxylation is 2. The summed E-state index contributed by atoms with van der Waals surface area (Å²) < 4.78 is 5.77. The predicted octanol–water partition coefficient (Wildman–Crippen LogP) is 3.37. The Morgan fingerprint density at radius 1 is 1.21 bits per heavy atom. The Morgan fingerprint density at radius 2 is 1.92 bits per heavy atom. The number of carboxylic acids is 1. The Hall–Kier alpha value is -2.04. The second-order valence-corrected chi connectivity index (χ2v) is 6.72. The van der Waals surface area contributed by atoms with Crippen molar-refractivity contribution in [1.29, 1.82) is 0 Å². The molecule has 5 heteroatoms. The molecule has 0 unspecified atom stereocenters. The maximum Gasteiger partial charge on any atom is 0.329 e. The molecule has 2 N–H and O–H groups in total. The molecule has 1 aliphatic carbocycles. The number of ether oxygens (including phenoxy) is 1. The summed E-state index contributed by atoms with van der Waals surface area (Å²) in [6.45, 7) is 4.59. The lowest BCUT2D eigenvalue weighted by molar-refractivity contribution is -0.147. The third kappa shape index (κ3) is 4.73. The summed E-state index contributed by atoms with van der Waals surface area (Å²) in [5.74, 6) is -0.201. The molecule has 1 fully saturated rings. The molecule has 0 aromatic heterocycles. The van der Waals surface area contributed by atoms with Gasteiger partial charge in [0.1, 0.15) is 11.3 Å². The number of benzene rings is 1. The monoisotopic (exact) mass is 333 g/mol. The van der Waals surface area contributed by atoms with Gasteiger partial charge in [-0.05, 0) is 56.7 Å². The number of carbonyl (C=O) groups excluding carboxylic acids is 1. The summed E-state index contributed by atoms with van der Waals surface area (Å²) in [5, 5.41) is 12.1. The maximum atomic E-state index is 12.0. The highest BCUT2D eigenvalue weighted by molar-refractivity contribution is 5.87. The maximum absolute atomic E-state index is 12.0. The van der Waals surface area contributed by atoms with E-state index in [9.17, 15) is 14.7 Å². The second-order valence-electron chi connectivity index (χ2n) is 6.72. The molecule has 0 atom stereocenters. The predicted molar refractivity (Wildman–Crippen MR) is 92.2 cm³/mol. The van der Waals surface area contributed by atoms with Crippen LogP contribution in [0.3, 0.4) is 0 Å². The van der Waals surface area contributed by atoms with E-state index in [2.05, 4.69) is 5.32 Å². The summed E-state index contributed by atoms with van der Waals surface area (Å²) in [7, 11) is 0. The van der Waals surface area contributed by atoms with Crippen LogP contribution < -0.4 is 10.1 Å². The van der Waals surface area contributed by atoms with Crippen LogP contribution >= 0.6 is 0 Å². The Labute approximate surface area is 143 Å². The number of rotatable bonds is 8. The fourth-order valence-electron chi connectivity index (χ4n) is 3.13. The highest BCUT2D eigenvalue weighted by Crippen LogP contribution is 2.30. The van der Waals surface area contributed by atoms with Crippen molar-refractivity contribution in [3.63, 3.8) is 0 Å². The number of carboxylic acid groups (broad SMARTS) is 1. The number of nitrogens with one attached hydrogen (secondary N) is 1. The van der Waals surface area contributed by atoms with Crippen LogP contribution in [0.5, 0.6) is 5.75 Å². The molecule has 1 saturated carbocycles. The van der Waals surface area contributed by atoms with Gasteiger partial charge in [0.25, 0.3) is 0 Å². The molecule has 1 aliphatic rings. The van der Waals surface area contributed by atoms with Crippen LogP contribution in [-0.4, -0.2) is 29.1 Å². The van der Waals surface area contributed by atoms with E-state index in [0.29, 0.717) is 32.3 Å². The zero-order valence-electron chi connectivity index (χ0n) is 14.6. The first-order valence-corrected chi connectivity index (χ1v) is 8.67. The third-order valence-electron chi connectivity index (χ3n) is 4.64. The van der Waals surface area contributed by atoms with Crippen LogP contribution in [0.4, 0.5) is 0 Å². The highest BCUT2D eigenvalue weighted by atomic mass is 16.5. The van der Waals surface area contributed by atoms with Crippen molar-refractivity contribution in [2.45, 2.75) is 64.3 Å². The molecular formula is C19H27NO4. The number of aliphatic carboxylic acids is 1. The van der Waals surface area contributed by atoms with E-state index in [0.717, 1.165) is 36.1 Å². The van der Waals surface area contributed by atoms with E-state index >= 15 is 0 Å². The van der Waals surface area contributed by atoms with Gasteiger partial charge in [-0.2, -0.15) is 0 Å². The second kappa shape index (κ2) is 8.18. The summed E-state index contributed by atoms with van der Waals surface area (Å²) in [4.78, 5) is 23.4. The van der Waals surface area contributed by atoms with Gasteiger partial charge < -0.3 is 15.2 Å². The van der Waals surface area contributed by atoms with Crippen LogP contribution in [0, 0.1) is 13.8 Å². The molecule has 0 bridgehead atoms. The Morgan fingerprint density at radius 3 is 2.58 bits per heavy atom. The highest BCUT2D eigenvalue weighted by Gasteiger charge is 2.42. The van der Waals surface area contributed by atoms with Crippen LogP contribution in [0.25, 0.3) is 0 Å². The van der Waals surface area contributed by atoms with Crippen molar-refractivity contribution in [2.75, 3.05) is 6.61 Å². The van der Waals surface area contributed by atoms with Gasteiger partial charge in [0.05, 0.1) is 6.61 Å². The quantitative estimate of drug-likeness (QED) is 0.715. The van der Waals surface area contributed by atoms with E-state index in [1.165, 1.54) is 0 Å². The topological polar surface area (TPSA) is 75.6 Å². The summed E-state index contributed by atoms with van der Waals surface area (Å²) >= 11 is 0. The lowest BCUT2D eigenvalue weighted by atomic mass is 9.97. The van der Waals surface area contributed by atoms with Crippen LogP contribution in [0.15, 0.2) is 18.2 Å². The number of carbonyl (C=O) groups is 2. The average molecular weight is 333 g/mol. The molecule has 5 nitrogen and oxygen atoms in total. The number of hydrogen-bond acceptors (Lipinski definition) is 3. The molecule has 1 aromatic carbocycles. The van der Waals surface area contributed by atoms with E-state index in [4.69, 9.17) is 4.74 Å². The average Bonchev–Trinajstić information content (AvgIpc) is 3.00. The molecule has 0 radical (unpaired) electrons. The molecule has 0 spiro atoms. The van der Waals surface area contributed by atoms with E-state index in [1.54, 1.807) is 0 Å². The summed E-state index contributed by atoms with van der Waals surface area (Å²) in [5.41, 5.74) is 1.22. The Kier molecular flexibility index (Phi) is 6.23. The van der Waals surface area contributed by atoms with Crippen molar-refractivity contribution in [2.24, 2.45) is 0 Å². The van der Waals surface area contributed by atoms with E-state index in [1.807, 2.05) is 32.0 Å². The minimum absolute atomic E-state index is 0.175. The van der Waals surface area contributed by atoms with Gasteiger partial charge >= 0.3 is 5.97 Å². The lowest BCUT2D eigenvalue weighted by Gasteiger charge is -2.25. The van der Waals surface area contributed by atoms with Crippen molar-refractivity contribution >= 4 is 11.9 Å². The lowest BCUT2D eigenvalue weighted by Crippen LogP contribution is -2.52. The third-order valence-corrected chi connectivity index (χ3v) is 4.64. The normalized spacial score (nSPS) is 15.9. The van der Waals surface area contributed by atoms with Gasteiger partial charge in [0.15, 0.2) is 0 Å². The smallest absolute Gasteiger partial charge is 0.329 e. The number of amides is 1. The molecule has 2 rings (SSSR count). The largest absolute Gasteiger partial charge is 0.493 e. The molecule has 1 amide bonds. The van der Waals surface area contributed by atoms with Gasteiger partial charge in [-0.15, -0.1) is 0 Å². The van der Waals surface area contributed by atoms with E-state index in [-0.39, 0.29) is 5.91 Å². The van der Waals surface area contributed by atoms with Gasteiger partial charge in [-0.3, -0.25) is 4.79 Å². The molecule has 24 heavy (non-hydrogen) atoms. The van der Waals surface area contributed by atoms with Crippen LogP contribution in [-0.2, 0) is 9.59 Å². The zero-order valence-corrected chi connectivity index (χ0v) is 14.6. The SMILES string of the molecule is Cc1ccc(C)c(OCCCCC(=O)NC2(C(=O)O)CCCC2)c1. The zero-order chi connectivity index (χ0) is 17.6. The first kappa shape index (κ1) is 18.3. The first-order chi connectivity index (χ1) is 11.4. The van der Waals surface area contributed by atoms with E-state index < -0.39 is 11.5 Å². The van der Waals surface area contributed by atoms with Crippen molar-refractivity contribution < 1.29 is 19.4 Å². The molecule has 0 heterocycles. The molecule has 1 aromatic rings. The Bertz CT molecular complexity index is 591. The summed E-state index contributed by atoms with van der Waals surface area (Å²) in [6, 6.07) is 6.09. The molecule has 0 saturated heterocycles. The molecular weight excluding hydrogens is 306 g/mol. The van der Waals surface area contributed by atoms with Crippen LogP contribution in [0.2, 0.25) is 0 Å². The first-order valence-electron chi connectivity index (χ1n) is 8.67. The summed E-state index contributed by atoms with van der Waals surface area (Å²) in [6.07, 6.45) is 4.57. The number of hydrogen-bond donors (Lipinski definition) is 2. The molecule has 0 aliphatic heterocycles. The van der Waals surface area contributed by atoms with Crippen LogP contribution in [0.1, 0.15) is 56.1 Å².